The predicted octanol–water partition coefficient (Wildman–Crippen LogP) is 2.52. The zero-order chi connectivity index (χ0) is 9.90. The summed E-state index contributed by atoms with van der Waals surface area (Å²) in [6.45, 7) is 11.2. The molecule has 1 fully saturated rings. The molecule has 0 aromatic carbocycles. The van der Waals surface area contributed by atoms with Gasteiger partial charge in [0, 0.05) is 5.41 Å². The zero-order valence-corrected chi connectivity index (χ0v) is 9.35. The van der Waals surface area contributed by atoms with Gasteiger partial charge in [-0.05, 0) is 53.6 Å². The first-order valence-corrected chi connectivity index (χ1v) is 5.26. The van der Waals surface area contributed by atoms with Gasteiger partial charge < -0.3 is 0 Å². The molecule has 1 nitrogen and oxygen atoms in total. The van der Waals surface area contributed by atoms with Crippen LogP contribution in [0.15, 0.2) is 0 Å². The zero-order valence-electron chi connectivity index (χ0n) is 9.35. The molecule has 1 aliphatic rings. The Morgan fingerprint density at radius 1 is 1.15 bits per heavy atom. The van der Waals surface area contributed by atoms with E-state index in [9.17, 15) is 0 Å². The van der Waals surface area contributed by atoms with Gasteiger partial charge in [-0.25, -0.2) is 0 Å². The van der Waals surface area contributed by atoms with Crippen LogP contribution in [0.4, 0.5) is 0 Å². The molecule has 0 unspecified atom stereocenters. The summed E-state index contributed by atoms with van der Waals surface area (Å²) >= 11 is 0. The molecule has 1 aliphatic heterocycles. The molecule has 0 amide bonds. The van der Waals surface area contributed by atoms with Crippen molar-refractivity contribution in [3.8, 4) is 11.8 Å². The summed E-state index contributed by atoms with van der Waals surface area (Å²) in [5, 5.41) is 0. The van der Waals surface area contributed by atoms with E-state index in [1.54, 1.807) is 0 Å². The van der Waals surface area contributed by atoms with Crippen LogP contribution >= 0.6 is 0 Å². The van der Waals surface area contributed by atoms with Crippen molar-refractivity contribution in [2.24, 2.45) is 5.41 Å². The van der Waals surface area contributed by atoms with Gasteiger partial charge in [-0.3, -0.25) is 4.90 Å². The van der Waals surface area contributed by atoms with E-state index in [2.05, 4.69) is 44.4 Å². The van der Waals surface area contributed by atoms with E-state index in [4.69, 9.17) is 0 Å². The van der Waals surface area contributed by atoms with Crippen LogP contribution in [-0.2, 0) is 0 Å². The Morgan fingerprint density at radius 2 is 1.69 bits per heavy atom. The molecule has 0 spiro atoms. The van der Waals surface area contributed by atoms with Crippen LogP contribution in [0.1, 0.15) is 40.5 Å². The fourth-order valence-corrected chi connectivity index (χ4v) is 1.54. The van der Waals surface area contributed by atoms with Crippen molar-refractivity contribution >= 4 is 0 Å². The van der Waals surface area contributed by atoms with Crippen molar-refractivity contribution in [2.45, 2.75) is 46.6 Å². The lowest BCUT2D eigenvalue weighted by molar-refractivity contribution is 0.307. The Bertz CT molecular complexity index is 208. The van der Waals surface area contributed by atoms with E-state index in [1.807, 2.05) is 0 Å². The minimum absolute atomic E-state index is 0.147. The van der Waals surface area contributed by atoms with Crippen LogP contribution in [0.5, 0.6) is 0 Å². The van der Waals surface area contributed by atoms with E-state index in [1.165, 1.54) is 25.9 Å². The molecule has 0 N–H and O–H groups in total. The Morgan fingerprint density at radius 3 is 2.15 bits per heavy atom. The van der Waals surface area contributed by atoms with E-state index in [0.717, 1.165) is 0 Å². The molecular weight excluding hydrogens is 158 g/mol. The lowest BCUT2D eigenvalue weighted by Crippen LogP contribution is -2.28. The summed E-state index contributed by atoms with van der Waals surface area (Å²) < 4.78 is 0. The quantitative estimate of drug-likeness (QED) is 0.559. The van der Waals surface area contributed by atoms with Crippen LogP contribution in [0.2, 0.25) is 0 Å². The first-order valence-electron chi connectivity index (χ1n) is 5.26. The van der Waals surface area contributed by atoms with Crippen LogP contribution in [0.25, 0.3) is 0 Å². The van der Waals surface area contributed by atoms with Crippen molar-refractivity contribution < 1.29 is 0 Å². The van der Waals surface area contributed by atoms with Crippen LogP contribution in [0, 0.1) is 17.3 Å². The van der Waals surface area contributed by atoms with Crippen LogP contribution in [-0.4, -0.2) is 24.0 Å². The molecular formula is C12H21N. The van der Waals surface area contributed by atoms with Gasteiger partial charge >= 0.3 is 0 Å². The average Bonchev–Trinajstić information content (AvgIpc) is 2.50. The van der Waals surface area contributed by atoms with Gasteiger partial charge in [0.25, 0.3) is 0 Å². The Labute approximate surface area is 82.5 Å². The molecule has 1 heteroatoms. The molecule has 0 aromatic heterocycles. The number of nitrogens with zero attached hydrogens (tertiary/aromatic N) is 1. The Hall–Kier alpha value is -0.480. The highest BCUT2D eigenvalue weighted by Gasteiger charge is 2.16. The van der Waals surface area contributed by atoms with Gasteiger partial charge in [-0.15, -0.1) is 0 Å². The van der Waals surface area contributed by atoms with Gasteiger partial charge in [-0.1, -0.05) is 11.8 Å². The summed E-state index contributed by atoms with van der Waals surface area (Å²) in [6.07, 6.45) is 2.70. The summed E-state index contributed by atoms with van der Waals surface area (Å²) in [4.78, 5) is 2.47. The standard InChI is InChI=1S/C12H21N/c1-11(7-8-12(2,3)4)13-9-5-6-10-13/h11H,5-6,9-10H2,1-4H3/t11-/m1/s1. The van der Waals surface area contributed by atoms with E-state index < -0.39 is 0 Å². The fourth-order valence-electron chi connectivity index (χ4n) is 1.54. The Balaban J connectivity index is 2.46. The molecule has 1 atom stereocenters. The first-order chi connectivity index (χ1) is 5.99. The van der Waals surface area contributed by atoms with Gasteiger partial charge in [0.1, 0.15) is 0 Å². The molecule has 74 valence electrons. The Kier molecular flexibility index (Phi) is 3.39. The molecule has 13 heavy (non-hydrogen) atoms. The maximum Gasteiger partial charge on any atom is 0.0686 e. The van der Waals surface area contributed by atoms with Gasteiger partial charge in [0.2, 0.25) is 0 Å². The summed E-state index contributed by atoms with van der Waals surface area (Å²) in [5.41, 5.74) is 0.147. The number of likely N-dealkylation sites (tertiary alicyclic amines) is 1. The third-order valence-electron chi connectivity index (χ3n) is 2.34. The molecule has 1 rings (SSSR count). The highest BCUT2D eigenvalue weighted by molar-refractivity contribution is 5.12. The maximum atomic E-state index is 3.34. The average molecular weight is 179 g/mol. The molecule has 1 heterocycles. The van der Waals surface area contributed by atoms with Crippen molar-refractivity contribution in [1.29, 1.82) is 0 Å². The largest absolute Gasteiger partial charge is 0.290 e. The van der Waals surface area contributed by atoms with Crippen molar-refractivity contribution in [2.75, 3.05) is 13.1 Å². The predicted molar refractivity (Wildman–Crippen MR) is 57.5 cm³/mol. The summed E-state index contributed by atoms with van der Waals surface area (Å²) in [7, 11) is 0. The second kappa shape index (κ2) is 4.15. The normalized spacial score (nSPS) is 20.9. The van der Waals surface area contributed by atoms with E-state index in [0.29, 0.717) is 6.04 Å². The summed E-state index contributed by atoms with van der Waals surface area (Å²) in [6, 6.07) is 0.446. The molecule has 0 radical (unpaired) electrons. The summed E-state index contributed by atoms with van der Waals surface area (Å²) in [5.74, 6) is 6.65. The lowest BCUT2D eigenvalue weighted by Gasteiger charge is -2.19. The number of hydrogen-bond acceptors (Lipinski definition) is 1. The molecule has 0 aliphatic carbocycles. The SMILES string of the molecule is C[C@H](C#CC(C)(C)C)N1CCCC1. The number of hydrogen-bond donors (Lipinski definition) is 0. The van der Waals surface area contributed by atoms with Crippen molar-refractivity contribution in [3.05, 3.63) is 0 Å². The smallest absolute Gasteiger partial charge is 0.0686 e. The van der Waals surface area contributed by atoms with Crippen molar-refractivity contribution in [1.82, 2.24) is 4.90 Å². The van der Waals surface area contributed by atoms with Crippen molar-refractivity contribution in [3.63, 3.8) is 0 Å². The minimum atomic E-state index is 0.147. The highest BCUT2D eigenvalue weighted by atomic mass is 15.2. The third-order valence-corrected chi connectivity index (χ3v) is 2.34. The molecule has 0 bridgehead atoms. The van der Waals surface area contributed by atoms with E-state index >= 15 is 0 Å². The topological polar surface area (TPSA) is 3.24 Å². The number of rotatable bonds is 1. The fraction of sp³-hybridized carbons (Fsp3) is 0.833. The second-order valence-electron chi connectivity index (χ2n) is 4.94. The third kappa shape index (κ3) is 3.83. The second-order valence-corrected chi connectivity index (χ2v) is 4.94. The van der Waals surface area contributed by atoms with Gasteiger partial charge in [0.05, 0.1) is 6.04 Å². The molecule has 0 aromatic rings. The monoisotopic (exact) mass is 179 g/mol. The van der Waals surface area contributed by atoms with Crippen LogP contribution in [0.3, 0.4) is 0 Å². The maximum absolute atomic E-state index is 3.34. The van der Waals surface area contributed by atoms with Gasteiger partial charge in [0.15, 0.2) is 0 Å². The lowest BCUT2D eigenvalue weighted by atomic mass is 9.97. The minimum Gasteiger partial charge on any atom is -0.290 e. The van der Waals surface area contributed by atoms with Gasteiger partial charge in [-0.2, -0.15) is 0 Å². The van der Waals surface area contributed by atoms with Crippen LogP contribution < -0.4 is 0 Å². The molecule has 1 saturated heterocycles. The molecule has 0 saturated carbocycles. The van der Waals surface area contributed by atoms with E-state index in [-0.39, 0.29) is 5.41 Å². The first kappa shape index (κ1) is 10.6. The highest BCUT2D eigenvalue weighted by Crippen LogP contribution is 2.13.